The quantitative estimate of drug-likeness (QED) is 0.653. The molecule has 0 radical (unpaired) electrons. The van der Waals surface area contributed by atoms with Gasteiger partial charge in [0.05, 0.1) is 11.4 Å². The number of aliphatic imine (C=N–C) groups is 1. The summed E-state index contributed by atoms with van der Waals surface area (Å²) < 4.78 is 0. The fourth-order valence-corrected chi connectivity index (χ4v) is 2.17. The minimum atomic E-state index is -0.00333. The smallest absolute Gasteiger partial charge is 0.182 e. The molecule has 1 aromatic carbocycles. The van der Waals surface area contributed by atoms with E-state index in [0.29, 0.717) is 18.4 Å². The van der Waals surface area contributed by atoms with E-state index >= 15 is 0 Å². The van der Waals surface area contributed by atoms with Crippen LogP contribution in [0.1, 0.15) is 12.8 Å². The van der Waals surface area contributed by atoms with Gasteiger partial charge < -0.3 is 5.11 Å². The maximum Gasteiger partial charge on any atom is 0.182 e. The van der Waals surface area contributed by atoms with Crippen LogP contribution in [0.2, 0.25) is 0 Å². The molecule has 1 N–H and O–H groups in total. The summed E-state index contributed by atoms with van der Waals surface area (Å²) in [5, 5.41) is 9.30. The number of nitrogens with zero attached hydrogens (tertiary/aromatic N) is 1. The first-order chi connectivity index (χ1) is 10.2. The molecule has 0 aromatic heterocycles. The predicted molar refractivity (Wildman–Crippen MR) is 86.0 cm³/mol. The van der Waals surface area contributed by atoms with Crippen molar-refractivity contribution in [2.24, 2.45) is 4.99 Å². The van der Waals surface area contributed by atoms with Crippen molar-refractivity contribution in [1.82, 2.24) is 0 Å². The number of benzene rings is 1. The van der Waals surface area contributed by atoms with Gasteiger partial charge in [0.2, 0.25) is 0 Å². The first-order valence-electron chi connectivity index (χ1n) is 6.70. The molecule has 2 rings (SSSR count). The summed E-state index contributed by atoms with van der Waals surface area (Å²) in [4.78, 5) is 16.6. The maximum atomic E-state index is 12.0. The second-order valence-electron chi connectivity index (χ2n) is 4.65. The largest absolute Gasteiger partial charge is 0.508 e. The van der Waals surface area contributed by atoms with E-state index < -0.39 is 0 Å². The molecule has 0 aliphatic heterocycles. The number of aromatic hydroxyl groups is 1. The van der Waals surface area contributed by atoms with E-state index in [1.165, 1.54) is 6.08 Å². The van der Waals surface area contributed by atoms with Gasteiger partial charge in [-0.3, -0.25) is 4.79 Å². The fraction of sp³-hybridized carbons (Fsp3) is 0.111. The molecule has 1 aliphatic rings. The number of allylic oxidation sites excluding steroid dienone is 6. The molecule has 1 aliphatic carbocycles. The molecule has 106 valence electrons. The highest BCUT2D eigenvalue weighted by atomic mass is 16.3. The van der Waals surface area contributed by atoms with E-state index in [9.17, 15) is 9.90 Å². The molecule has 0 fully saturated rings. The van der Waals surface area contributed by atoms with E-state index in [2.05, 4.69) is 18.2 Å². The summed E-state index contributed by atoms with van der Waals surface area (Å²) in [6, 6.07) is 6.62. The van der Waals surface area contributed by atoms with Crippen molar-refractivity contribution >= 4 is 17.2 Å². The van der Waals surface area contributed by atoms with Gasteiger partial charge in [-0.1, -0.05) is 12.2 Å². The van der Waals surface area contributed by atoms with Crippen LogP contribution in [-0.2, 0) is 4.79 Å². The van der Waals surface area contributed by atoms with Gasteiger partial charge in [-0.05, 0) is 54.8 Å². The summed E-state index contributed by atoms with van der Waals surface area (Å²) in [6.45, 7) is 7.44. The molecule has 0 bridgehead atoms. The molecule has 1 aromatic rings. The molecule has 3 nitrogen and oxygen atoms in total. The minimum Gasteiger partial charge on any atom is -0.508 e. The van der Waals surface area contributed by atoms with Crippen molar-refractivity contribution in [3.05, 3.63) is 72.9 Å². The summed E-state index contributed by atoms with van der Waals surface area (Å²) in [6.07, 6.45) is 7.83. The van der Waals surface area contributed by atoms with Gasteiger partial charge >= 0.3 is 0 Å². The minimum absolute atomic E-state index is 0.00333. The van der Waals surface area contributed by atoms with Crippen LogP contribution >= 0.6 is 0 Å². The lowest BCUT2D eigenvalue weighted by Gasteiger charge is -2.15. The Morgan fingerprint density at radius 3 is 2.24 bits per heavy atom. The first-order valence-corrected chi connectivity index (χ1v) is 6.70. The summed E-state index contributed by atoms with van der Waals surface area (Å²) in [5.74, 6) is 0.193. The highest BCUT2D eigenvalue weighted by Crippen LogP contribution is 2.25. The van der Waals surface area contributed by atoms with Crippen molar-refractivity contribution in [3.63, 3.8) is 0 Å². The molecule has 21 heavy (non-hydrogen) atoms. The number of phenols is 1. The molecule has 0 atom stereocenters. The van der Waals surface area contributed by atoms with Crippen LogP contribution in [0.3, 0.4) is 0 Å². The number of carbonyl (C=O) groups excluding carboxylic acids is 1. The summed E-state index contributed by atoms with van der Waals surface area (Å²) in [5.41, 5.74) is 3.06. The number of ketones is 1. The van der Waals surface area contributed by atoms with Crippen LogP contribution in [0.25, 0.3) is 0 Å². The van der Waals surface area contributed by atoms with Gasteiger partial charge in [0, 0.05) is 5.57 Å². The number of phenolic OH excluding ortho intramolecular Hbond substituents is 1. The Balaban J connectivity index is 2.47. The number of carbonyl (C=O) groups is 1. The zero-order valence-electron chi connectivity index (χ0n) is 11.7. The third-order valence-electron chi connectivity index (χ3n) is 3.16. The van der Waals surface area contributed by atoms with Crippen LogP contribution in [0.4, 0.5) is 5.69 Å². The molecule has 0 heterocycles. The Morgan fingerprint density at radius 1 is 1.00 bits per heavy atom. The Morgan fingerprint density at radius 2 is 1.62 bits per heavy atom. The highest BCUT2D eigenvalue weighted by molar-refractivity contribution is 6.22. The zero-order valence-corrected chi connectivity index (χ0v) is 11.7. The fourth-order valence-electron chi connectivity index (χ4n) is 2.17. The predicted octanol–water partition coefficient (Wildman–Crippen LogP) is 4.05. The molecule has 0 unspecified atom stereocenters. The molecule has 0 saturated heterocycles. The van der Waals surface area contributed by atoms with Crippen LogP contribution in [-0.4, -0.2) is 16.6 Å². The Bertz CT molecular complexity index is 661. The third-order valence-corrected chi connectivity index (χ3v) is 3.16. The summed E-state index contributed by atoms with van der Waals surface area (Å²) in [7, 11) is 0. The lowest BCUT2D eigenvalue weighted by atomic mass is 9.90. The van der Waals surface area contributed by atoms with E-state index in [4.69, 9.17) is 0 Å². The number of hydrogen-bond donors (Lipinski definition) is 1. The molecular weight excluding hydrogens is 262 g/mol. The van der Waals surface area contributed by atoms with E-state index in [1.807, 2.05) is 0 Å². The second-order valence-corrected chi connectivity index (χ2v) is 4.65. The zero-order chi connectivity index (χ0) is 15.2. The Labute approximate surface area is 124 Å². The molecule has 0 saturated carbocycles. The van der Waals surface area contributed by atoms with E-state index in [0.717, 1.165) is 17.0 Å². The number of hydrogen-bond acceptors (Lipinski definition) is 3. The van der Waals surface area contributed by atoms with Crippen LogP contribution < -0.4 is 0 Å². The number of rotatable bonds is 5. The van der Waals surface area contributed by atoms with Gasteiger partial charge in [-0.25, -0.2) is 4.99 Å². The van der Waals surface area contributed by atoms with Crippen LogP contribution in [0, 0.1) is 0 Å². The van der Waals surface area contributed by atoms with Crippen molar-refractivity contribution in [2.75, 3.05) is 0 Å². The SMILES string of the molecule is C=CCC1=C(CC=C)C(=Nc2ccc(O)cc2)C=CC1=O. The van der Waals surface area contributed by atoms with Crippen LogP contribution in [0.15, 0.2) is 77.9 Å². The standard InChI is InChI=1S/C18H17NO2/c1-3-5-15-16(6-4-2)18(21)12-11-17(15)19-13-7-9-14(20)10-8-13/h3-4,7-12,20H,1-2,5-6H2. The second kappa shape index (κ2) is 6.66. The van der Waals surface area contributed by atoms with Crippen molar-refractivity contribution in [3.8, 4) is 5.75 Å². The van der Waals surface area contributed by atoms with Gasteiger partial charge in [0.15, 0.2) is 5.78 Å². The highest BCUT2D eigenvalue weighted by Gasteiger charge is 2.19. The normalized spacial score (nSPS) is 16.4. The first kappa shape index (κ1) is 14.7. The van der Waals surface area contributed by atoms with Crippen molar-refractivity contribution in [2.45, 2.75) is 12.8 Å². The topological polar surface area (TPSA) is 49.7 Å². The Kier molecular flexibility index (Phi) is 4.67. The average molecular weight is 279 g/mol. The molecule has 3 heteroatoms. The van der Waals surface area contributed by atoms with E-state index in [-0.39, 0.29) is 11.5 Å². The monoisotopic (exact) mass is 279 g/mol. The molecule has 0 amide bonds. The summed E-state index contributed by atoms with van der Waals surface area (Å²) >= 11 is 0. The lowest BCUT2D eigenvalue weighted by Crippen LogP contribution is -2.14. The lowest BCUT2D eigenvalue weighted by molar-refractivity contribution is -0.111. The van der Waals surface area contributed by atoms with Gasteiger partial charge in [0.25, 0.3) is 0 Å². The Hall–Kier alpha value is -2.68. The maximum absolute atomic E-state index is 12.0. The molecule has 0 spiro atoms. The van der Waals surface area contributed by atoms with Gasteiger partial charge in [-0.15, -0.1) is 13.2 Å². The van der Waals surface area contributed by atoms with Crippen molar-refractivity contribution in [1.29, 1.82) is 0 Å². The van der Waals surface area contributed by atoms with Gasteiger partial charge in [0.1, 0.15) is 5.75 Å². The van der Waals surface area contributed by atoms with E-state index in [1.54, 1.807) is 42.5 Å². The van der Waals surface area contributed by atoms with Crippen LogP contribution in [0.5, 0.6) is 5.75 Å². The molecular formula is C18H17NO2. The third kappa shape index (κ3) is 3.45. The van der Waals surface area contributed by atoms with Crippen molar-refractivity contribution < 1.29 is 9.90 Å². The average Bonchev–Trinajstić information content (AvgIpc) is 2.48. The van der Waals surface area contributed by atoms with Gasteiger partial charge in [-0.2, -0.15) is 0 Å².